The van der Waals surface area contributed by atoms with E-state index in [2.05, 4.69) is 194 Å². The number of rotatable bonds is 5. The minimum Gasteiger partial charge on any atom is -0.0622 e. The molecular weight excluding hydrogens is 577 g/mol. The van der Waals surface area contributed by atoms with Crippen molar-refractivity contribution in [2.45, 2.75) is 0 Å². The Morgan fingerprint density at radius 2 is 0.667 bits per heavy atom. The first kappa shape index (κ1) is 28.0. The van der Waals surface area contributed by atoms with E-state index in [1.807, 2.05) is 0 Å². The lowest BCUT2D eigenvalue weighted by Crippen LogP contribution is -1.93. The van der Waals surface area contributed by atoms with Crippen molar-refractivity contribution in [1.29, 1.82) is 0 Å². The molecule has 0 aliphatic heterocycles. The van der Waals surface area contributed by atoms with Gasteiger partial charge in [-0.25, -0.2) is 0 Å². The Bertz CT molecular complexity index is 2540. The monoisotopic (exact) mass is 608 g/mol. The highest BCUT2D eigenvalue weighted by Crippen LogP contribution is 2.46. The van der Waals surface area contributed by atoms with Gasteiger partial charge >= 0.3 is 0 Å². The molecule has 0 bridgehead atoms. The molecule has 9 aromatic carbocycles. The predicted molar refractivity (Wildman–Crippen MR) is 206 cm³/mol. The zero-order valence-electron chi connectivity index (χ0n) is 26.5. The summed E-state index contributed by atoms with van der Waals surface area (Å²) in [6.45, 7) is 0. The summed E-state index contributed by atoms with van der Waals surface area (Å²) < 4.78 is 0. The van der Waals surface area contributed by atoms with Gasteiger partial charge in [0.25, 0.3) is 0 Å². The van der Waals surface area contributed by atoms with Crippen LogP contribution in [0.25, 0.3) is 88.0 Å². The van der Waals surface area contributed by atoms with Crippen molar-refractivity contribution >= 4 is 32.3 Å². The molecule has 0 aromatic heterocycles. The molecule has 0 aliphatic rings. The molecule has 0 saturated heterocycles. The molecule has 0 N–H and O–H groups in total. The molecule has 0 nitrogen and oxygen atoms in total. The minimum absolute atomic E-state index is 1.21. The summed E-state index contributed by atoms with van der Waals surface area (Å²) in [5.74, 6) is 0. The Kier molecular flexibility index (Phi) is 6.91. The molecule has 0 amide bonds. The maximum atomic E-state index is 2.43. The van der Waals surface area contributed by atoms with Crippen LogP contribution in [0.1, 0.15) is 0 Å². The maximum absolute atomic E-state index is 2.43. The molecule has 0 heterocycles. The predicted octanol–water partition coefficient (Wildman–Crippen LogP) is 13.5. The van der Waals surface area contributed by atoms with Gasteiger partial charge in [-0.05, 0) is 100 Å². The van der Waals surface area contributed by atoms with Crippen LogP contribution in [0.15, 0.2) is 194 Å². The van der Waals surface area contributed by atoms with E-state index >= 15 is 0 Å². The van der Waals surface area contributed by atoms with Crippen LogP contribution in [0.5, 0.6) is 0 Å². The lowest BCUT2D eigenvalue weighted by Gasteiger charge is -2.20. The van der Waals surface area contributed by atoms with Crippen molar-refractivity contribution in [2.24, 2.45) is 0 Å². The molecule has 0 aliphatic carbocycles. The number of benzene rings is 9. The lowest BCUT2D eigenvalue weighted by atomic mass is 9.83. The Morgan fingerprint density at radius 3 is 1.31 bits per heavy atom. The van der Waals surface area contributed by atoms with E-state index in [0.717, 1.165) is 0 Å². The Labute approximate surface area is 281 Å². The van der Waals surface area contributed by atoms with E-state index in [1.165, 1.54) is 88.0 Å². The molecule has 9 rings (SSSR count). The third-order valence-electron chi connectivity index (χ3n) is 9.66. The quantitative estimate of drug-likeness (QED) is 0.171. The first-order chi connectivity index (χ1) is 23.8. The lowest BCUT2D eigenvalue weighted by molar-refractivity contribution is 1.56. The molecule has 0 fully saturated rings. The number of hydrogen-bond acceptors (Lipinski definition) is 0. The van der Waals surface area contributed by atoms with Crippen LogP contribution in [-0.2, 0) is 0 Å². The van der Waals surface area contributed by atoms with Crippen LogP contribution in [0, 0.1) is 0 Å². The van der Waals surface area contributed by atoms with E-state index in [4.69, 9.17) is 0 Å². The second kappa shape index (κ2) is 11.8. The smallest absolute Gasteiger partial charge is 0.00261 e. The summed E-state index contributed by atoms with van der Waals surface area (Å²) in [5.41, 5.74) is 12.3. The second-order valence-electron chi connectivity index (χ2n) is 12.4. The Hall–Kier alpha value is -6.24. The topological polar surface area (TPSA) is 0 Å². The van der Waals surface area contributed by atoms with E-state index in [-0.39, 0.29) is 0 Å². The SMILES string of the molecule is c1ccc(-c2ccccc2-c2cc(-c3c4ccccc4c(-c4ccccc4)c4ccccc34)ccc2-c2ccc3ccccc3c2)cc1. The molecule has 224 valence electrons. The van der Waals surface area contributed by atoms with Crippen molar-refractivity contribution in [3.8, 4) is 55.6 Å². The first-order valence-electron chi connectivity index (χ1n) is 16.6. The minimum atomic E-state index is 1.21. The molecule has 0 heteroatoms. The van der Waals surface area contributed by atoms with Gasteiger partial charge in [0.2, 0.25) is 0 Å². The first-order valence-corrected chi connectivity index (χ1v) is 16.6. The van der Waals surface area contributed by atoms with Crippen molar-refractivity contribution in [3.05, 3.63) is 194 Å². The fraction of sp³-hybridized carbons (Fsp3) is 0. The summed E-state index contributed by atoms with van der Waals surface area (Å²) in [6, 6.07) is 70.8. The largest absolute Gasteiger partial charge is 0.0622 e. The van der Waals surface area contributed by atoms with Gasteiger partial charge in [-0.2, -0.15) is 0 Å². The van der Waals surface area contributed by atoms with Crippen LogP contribution in [0.4, 0.5) is 0 Å². The molecule has 0 spiro atoms. The average Bonchev–Trinajstić information content (AvgIpc) is 3.17. The third kappa shape index (κ3) is 4.78. The maximum Gasteiger partial charge on any atom is -0.00261 e. The standard InChI is InChI=1S/C48H32/c1-3-16-34(17-4-1)39-21-9-10-22-41(39)46-32-38(29-30-40(46)37-28-27-33-15-7-8-20-36(33)31-37)48-44-25-13-11-23-42(44)47(35-18-5-2-6-19-35)43-24-12-14-26-45(43)48/h1-32H. The normalized spacial score (nSPS) is 11.3. The highest BCUT2D eigenvalue weighted by molar-refractivity contribution is 6.21. The van der Waals surface area contributed by atoms with Gasteiger partial charge in [0.05, 0.1) is 0 Å². The highest BCUT2D eigenvalue weighted by atomic mass is 14.2. The fourth-order valence-electron chi connectivity index (χ4n) is 7.47. The number of hydrogen-bond donors (Lipinski definition) is 0. The van der Waals surface area contributed by atoms with Crippen molar-refractivity contribution < 1.29 is 0 Å². The molecule has 0 atom stereocenters. The van der Waals surface area contributed by atoms with Crippen LogP contribution in [-0.4, -0.2) is 0 Å². The summed E-state index contributed by atoms with van der Waals surface area (Å²) in [6.07, 6.45) is 0. The second-order valence-corrected chi connectivity index (χ2v) is 12.4. The van der Waals surface area contributed by atoms with Gasteiger partial charge in [-0.15, -0.1) is 0 Å². The van der Waals surface area contributed by atoms with Gasteiger partial charge in [0, 0.05) is 0 Å². The van der Waals surface area contributed by atoms with Gasteiger partial charge in [-0.3, -0.25) is 0 Å². The average molecular weight is 609 g/mol. The van der Waals surface area contributed by atoms with Crippen molar-refractivity contribution in [1.82, 2.24) is 0 Å². The van der Waals surface area contributed by atoms with E-state index in [9.17, 15) is 0 Å². The number of fused-ring (bicyclic) bond motifs is 3. The molecular formula is C48H32. The van der Waals surface area contributed by atoms with Crippen LogP contribution in [0.3, 0.4) is 0 Å². The van der Waals surface area contributed by atoms with E-state index in [1.54, 1.807) is 0 Å². The molecule has 9 aromatic rings. The molecule has 0 radical (unpaired) electrons. The summed E-state index contributed by atoms with van der Waals surface area (Å²) in [7, 11) is 0. The summed E-state index contributed by atoms with van der Waals surface area (Å²) in [5, 5.41) is 7.55. The van der Waals surface area contributed by atoms with Gasteiger partial charge in [0.1, 0.15) is 0 Å². The zero-order valence-corrected chi connectivity index (χ0v) is 26.5. The third-order valence-corrected chi connectivity index (χ3v) is 9.66. The van der Waals surface area contributed by atoms with E-state index < -0.39 is 0 Å². The van der Waals surface area contributed by atoms with Gasteiger partial charge in [-0.1, -0.05) is 182 Å². The summed E-state index contributed by atoms with van der Waals surface area (Å²) in [4.78, 5) is 0. The van der Waals surface area contributed by atoms with Crippen LogP contribution in [0.2, 0.25) is 0 Å². The molecule has 48 heavy (non-hydrogen) atoms. The van der Waals surface area contributed by atoms with Crippen LogP contribution >= 0.6 is 0 Å². The molecule has 0 saturated carbocycles. The van der Waals surface area contributed by atoms with Gasteiger partial charge < -0.3 is 0 Å². The van der Waals surface area contributed by atoms with Crippen LogP contribution < -0.4 is 0 Å². The highest BCUT2D eigenvalue weighted by Gasteiger charge is 2.19. The summed E-state index contributed by atoms with van der Waals surface area (Å²) >= 11 is 0. The van der Waals surface area contributed by atoms with Crippen molar-refractivity contribution in [3.63, 3.8) is 0 Å². The van der Waals surface area contributed by atoms with Crippen molar-refractivity contribution in [2.75, 3.05) is 0 Å². The molecule has 0 unspecified atom stereocenters. The fourth-order valence-corrected chi connectivity index (χ4v) is 7.47. The van der Waals surface area contributed by atoms with E-state index in [0.29, 0.717) is 0 Å². The zero-order chi connectivity index (χ0) is 31.9. The Balaban J connectivity index is 1.36. The van der Waals surface area contributed by atoms with Gasteiger partial charge in [0.15, 0.2) is 0 Å². The Morgan fingerprint density at radius 1 is 0.208 bits per heavy atom.